The van der Waals surface area contributed by atoms with Crippen molar-refractivity contribution < 1.29 is 4.79 Å². The van der Waals surface area contributed by atoms with E-state index in [1.54, 1.807) is 24.3 Å². The summed E-state index contributed by atoms with van der Waals surface area (Å²) in [5.74, 6) is 0.349. The number of nitrogens with zero attached hydrogens (tertiary/aromatic N) is 4. The van der Waals surface area contributed by atoms with Crippen molar-refractivity contribution >= 4 is 11.9 Å². The van der Waals surface area contributed by atoms with Crippen LogP contribution >= 0.6 is 0 Å². The summed E-state index contributed by atoms with van der Waals surface area (Å²) < 4.78 is 1.22. The minimum atomic E-state index is -0.410. The van der Waals surface area contributed by atoms with Gasteiger partial charge in [0.2, 0.25) is 5.95 Å². The maximum absolute atomic E-state index is 13.2. The number of hydrogen-bond donors (Lipinski definition) is 1. The molecule has 0 bridgehead atoms. The molecule has 0 radical (unpaired) electrons. The highest BCUT2D eigenvalue weighted by atomic mass is 16.2. The monoisotopic (exact) mass is 379 g/mol. The summed E-state index contributed by atoms with van der Waals surface area (Å²) in [6.45, 7) is 0.487. The fourth-order valence-corrected chi connectivity index (χ4v) is 2.94. The molecule has 0 aliphatic heterocycles. The maximum atomic E-state index is 13.2. The van der Waals surface area contributed by atoms with Gasteiger partial charge in [-0.3, -0.25) is 4.79 Å². The van der Waals surface area contributed by atoms with Crippen LogP contribution in [0.4, 0.5) is 5.95 Å². The van der Waals surface area contributed by atoms with E-state index >= 15 is 0 Å². The van der Waals surface area contributed by atoms with Crippen LogP contribution in [0.5, 0.6) is 0 Å². The highest BCUT2D eigenvalue weighted by molar-refractivity contribution is 5.99. The van der Waals surface area contributed by atoms with E-state index in [0.717, 1.165) is 11.1 Å². The number of benzene rings is 3. The molecule has 6 nitrogen and oxygen atoms in total. The lowest BCUT2D eigenvalue weighted by molar-refractivity contribution is 0.0947. The van der Waals surface area contributed by atoms with Crippen LogP contribution in [0.15, 0.2) is 84.9 Å². The molecule has 0 atom stereocenters. The van der Waals surface area contributed by atoms with Crippen LogP contribution in [-0.2, 0) is 6.54 Å². The first-order chi connectivity index (χ1) is 14.3. The van der Waals surface area contributed by atoms with E-state index in [0.29, 0.717) is 23.9 Å². The summed E-state index contributed by atoms with van der Waals surface area (Å²) in [4.78, 5) is 17.7. The zero-order chi connectivity index (χ0) is 20.1. The van der Waals surface area contributed by atoms with Gasteiger partial charge in [-0.1, -0.05) is 72.8 Å². The van der Waals surface area contributed by atoms with Gasteiger partial charge in [-0.05, 0) is 17.7 Å². The summed E-state index contributed by atoms with van der Waals surface area (Å²) in [5.41, 5.74) is 2.43. The summed E-state index contributed by atoms with van der Waals surface area (Å²) in [5, 5.41) is 17.0. The Morgan fingerprint density at radius 1 is 0.931 bits per heavy atom. The third-order valence-electron chi connectivity index (χ3n) is 4.40. The van der Waals surface area contributed by atoms with Gasteiger partial charge >= 0.3 is 0 Å². The molecule has 0 saturated heterocycles. The topological polar surface area (TPSA) is 83.6 Å². The number of aromatic nitrogens is 3. The van der Waals surface area contributed by atoms with Gasteiger partial charge in [-0.15, -0.1) is 5.10 Å². The molecule has 0 aliphatic rings. The highest BCUT2D eigenvalue weighted by Gasteiger charge is 2.20. The minimum Gasteiger partial charge on any atom is -0.350 e. The summed E-state index contributed by atoms with van der Waals surface area (Å²) in [7, 11) is 0. The Bertz CT molecular complexity index is 1180. The number of rotatable bonds is 5. The van der Waals surface area contributed by atoms with E-state index in [9.17, 15) is 10.1 Å². The average Bonchev–Trinajstić information content (AvgIpc) is 3.23. The van der Waals surface area contributed by atoms with Crippen LogP contribution in [0, 0.1) is 11.3 Å². The number of nitrogens with one attached hydrogen (secondary N) is 1. The van der Waals surface area contributed by atoms with Crippen molar-refractivity contribution in [2.24, 2.45) is 0 Å². The minimum absolute atomic E-state index is 0.280. The smallest absolute Gasteiger partial charge is 0.282 e. The van der Waals surface area contributed by atoms with Gasteiger partial charge in [0, 0.05) is 12.1 Å². The summed E-state index contributed by atoms with van der Waals surface area (Å²) in [6, 6.07) is 28.0. The SMILES string of the molecule is N#Cc1ccccc1C(=O)n1nc(-c2ccccc2)nc1NCc1ccccc1. The number of carbonyl (C=O) groups excluding carboxylic acids is 1. The van der Waals surface area contributed by atoms with E-state index in [2.05, 4.69) is 21.5 Å². The van der Waals surface area contributed by atoms with Gasteiger partial charge in [0.25, 0.3) is 5.91 Å². The second-order valence-corrected chi connectivity index (χ2v) is 6.34. The first-order valence-electron chi connectivity index (χ1n) is 9.10. The van der Waals surface area contributed by atoms with Gasteiger partial charge in [0.15, 0.2) is 5.82 Å². The summed E-state index contributed by atoms with van der Waals surface area (Å²) in [6.07, 6.45) is 0. The molecule has 1 N–H and O–H groups in total. The van der Waals surface area contributed by atoms with Crippen molar-refractivity contribution in [1.29, 1.82) is 5.26 Å². The molecule has 1 heterocycles. The number of carbonyl (C=O) groups is 1. The fraction of sp³-hybridized carbons (Fsp3) is 0.0435. The van der Waals surface area contributed by atoms with Gasteiger partial charge in [-0.2, -0.15) is 14.9 Å². The Kier molecular flexibility index (Phi) is 5.12. The number of anilines is 1. The Hall–Kier alpha value is -4.24. The first-order valence-corrected chi connectivity index (χ1v) is 9.10. The molecule has 1 aromatic heterocycles. The zero-order valence-electron chi connectivity index (χ0n) is 15.5. The van der Waals surface area contributed by atoms with Crippen molar-refractivity contribution in [2.75, 3.05) is 5.32 Å². The molecule has 29 heavy (non-hydrogen) atoms. The Morgan fingerprint density at radius 3 is 2.31 bits per heavy atom. The quantitative estimate of drug-likeness (QED) is 0.564. The normalized spacial score (nSPS) is 10.3. The number of nitriles is 1. The lowest BCUT2D eigenvalue weighted by Crippen LogP contribution is -2.18. The van der Waals surface area contributed by atoms with Gasteiger partial charge in [0.1, 0.15) is 0 Å². The van der Waals surface area contributed by atoms with Crippen LogP contribution in [0.3, 0.4) is 0 Å². The van der Waals surface area contributed by atoms with Crippen molar-refractivity contribution in [3.8, 4) is 17.5 Å². The van der Waals surface area contributed by atoms with Crippen molar-refractivity contribution in [3.63, 3.8) is 0 Å². The molecular weight excluding hydrogens is 362 g/mol. The van der Waals surface area contributed by atoms with Gasteiger partial charge in [-0.25, -0.2) is 0 Å². The van der Waals surface area contributed by atoms with E-state index in [-0.39, 0.29) is 5.56 Å². The highest BCUT2D eigenvalue weighted by Crippen LogP contribution is 2.20. The first kappa shape index (κ1) is 18.1. The lowest BCUT2D eigenvalue weighted by atomic mass is 10.1. The lowest BCUT2D eigenvalue weighted by Gasteiger charge is -2.08. The molecule has 4 aromatic rings. The average molecular weight is 379 g/mol. The predicted molar refractivity (Wildman–Crippen MR) is 110 cm³/mol. The van der Waals surface area contributed by atoms with Gasteiger partial charge < -0.3 is 5.32 Å². The zero-order valence-corrected chi connectivity index (χ0v) is 15.5. The van der Waals surface area contributed by atoms with Crippen LogP contribution in [0.2, 0.25) is 0 Å². The molecule has 6 heteroatoms. The molecule has 0 amide bonds. The largest absolute Gasteiger partial charge is 0.350 e. The third kappa shape index (κ3) is 3.89. The number of hydrogen-bond acceptors (Lipinski definition) is 5. The van der Waals surface area contributed by atoms with Crippen molar-refractivity contribution in [2.45, 2.75) is 6.54 Å². The molecule has 3 aromatic carbocycles. The second kappa shape index (κ2) is 8.19. The molecule has 0 unspecified atom stereocenters. The molecular formula is C23H17N5O. The molecule has 0 fully saturated rings. The van der Waals surface area contributed by atoms with Gasteiger partial charge in [0.05, 0.1) is 17.2 Å². The third-order valence-corrected chi connectivity index (χ3v) is 4.40. The Balaban J connectivity index is 1.73. The van der Waals surface area contributed by atoms with E-state index in [1.807, 2.05) is 60.7 Å². The van der Waals surface area contributed by atoms with Crippen LogP contribution in [-0.4, -0.2) is 20.7 Å². The van der Waals surface area contributed by atoms with Crippen LogP contribution in [0.25, 0.3) is 11.4 Å². The molecule has 0 spiro atoms. The Morgan fingerprint density at radius 2 is 1.59 bits per heavy atom. The van der Waals surface area contributed by atoms with E-state index in [4.69, 9.17) is 0 Å². The van der Waals surface area contributed by atoms with Crippen LogP contribution < -0.4 is 5.32 Å². The fourth-order valence-electron chi connectivity index (χ4n) is 2.94. The van der Waals surface area contributed by atoms with Crippen molar-refractivity contribution in [3.05, 3.63) is 102 Å². The van der Waals surface area contributed by atoms with Crippen molar-refractivity contribution in [1.82, 2.24) is 14.8 Å². The summed E-state index contributed by atoms with van der Waals surface area (Å²) >= 11 is 0. The predicted octanol–water partition coefficient (Wildman–Crippen LogP) is 4.12. The maximum Gasteiger partial charge on any atom is 0.282 e. The molecule has 0 aliphatic carbocycles. The van der Waals surface area contributed by atoms with E-state index < -0.39 is 5.91 Å². The molecule has 140 valence electrons. The molecule has 0 saturated carbocycles. The Labute approximate surface area is 168 Å². The standard InChI is InChI=1S/C23H17N5O/c24-15-19-13-7-8-14-20(19)22(29)28-23(25-16-17-9-3-1-4-10-17)26-21(27-28)18-11-5-2-6-12-18/h1-14H,16H2,(H,25,26,27). The van der Waals surface area contributed by atoms with Crippen LogP contribution in [0.1, 0.15) is 21.5 Å². The second-order valence-electron chi connectivity index (χ2n) is 6.34. The van der Waals surface area contributed by atoms with E-state index in [1.165, 1.54) is 4.68 Å². The molecule has 4 rings (SSSR count).